The molecule has 8 nitrogen and oxygen atoms in total. The smallest absolute Gasteiger partial charge is 0.255 e. The van der Waals surface area contributed by atoms with Crippen molar-refractivity contribution in [3.05, 3.63) is 137 Å². The van der Waals surface area contributed by atoms with Crippen LogP contribution in [0.5, 0.6) is 0 Å². The Morgan fingerprint density at radius 3 is 1.46 bits per heavy atom. The van der Waals surface area contributed by atoms with Crippen LogP contribution in [-0.2, 0) is 9.59 Å². The Kier molecular flexibility index (Phi) is 6.86. The van der Waals surface area contributed by atoms with Gasteiger partial charge >= 0.3 is 0 Å². The molecule has 0 radical (unpaired) electrons. The molecule has 4 aromatic rings. The average Bonchev–Trinajstić information content (AvgIpc) is 3.01. The van der Waals surface area contributed by atoms with Gasteiger partial charge in [-0.3, -0.25) is 25.2 Å². The number of carbonyl (C=O) groups is 3. The van der Waals surface area contributed by atoms with Gasteiger partial charge in [-0.25, -0.2) is 0 Å². The van der Waals surface area contributed by atoms with E-state index in [2.05, 4.69) is 26.4 Å². The number of amides is 1. The Morgan fingerprint density at radius 2 is 0.951 bits per heavy atom. The standard InChI is InChI=1S/C33H23N5O3/c39-29-19-11-21-5-1-3-7-27(21)31(29)37-35-25-13-9-23(10-14-25)33(41)34-24-15-17-26(18-16-24)36-38-32-28-8-4-2-6-22(28)12-20-30(32)40/h1-20,35-36H,(H,34,41). The van der Waals surface area contributed by atoms with Crippen LogP contribution in [0.1, 0.15) is 32.6 Å². The van der Waals surface area contributed by atoms with E-state index in [1.807, 2.05) is 48.5 Å². The number of hydrogen-bond donors (Lipinski definition) is 3. The van der Waals surface area contributed by atoms with Gasteiger partial charge < -0.3 is 5.32 Å². The number of benzene rings is 4. The van der Waals surface area contributed by atoms with Gasteiger partial charge in [0.1, 0.15) is 11.4 Å². The molecule has 0 saturated heterocycles. The van der Waals surface area contributed by atoms with Gasteiger partial charge in [0, 0.05) is 22.4 Å². The highest BCUT2D eigenvalue weighted by Gasteiger charge is 2.19. The van der Waals surface area contributed by atoms with Crippen molar-refractivity contribution < 1.29 is 14.4 Å². The van der Waals surface area contributed by atoms with Crippen molar-refractivity contribution in [2.75, 3.05) is 16.2 Å². The number of nitrogens with one attached hydrogen (secondary N) is 3. The molecule has 2 aliphatic rings. The normalized spacial score (nSPS) is 15.4. The molecule has 0 bridgehead atoms. The first-order valence-corrected chi connectivity index (χ1v) is 12.9. The molecule has 2 aliphatic carbocycles. The number of nitrogens with zero attached hydrogens (tertiary/aromatic N) is 2. The number of rotatable bonds is 6. The lowest BCUT2D eigenvalue weighted by Crippen LogP contribution is -2.19. The molecule has 0 heterocycles. The first-order valence-electron chi connectivity index (χ1n) is 12.9. The molecule has 6 rings (SSSR count). The third-order valence-electron chi connectivity index (χ3n) is 6.61. The molecule has 0 saturated carbocycles. The van der Waals surface area contributed by atoms with Crippen LogP contribution >= 0.6 is 0 Å². The number of fused-ring (bicyclic) bond motifs is 2. The van der Waals surface area contributed by atoms with Crippen LogP contribution in [0.2, 0.25) is 0 Å². The second-order valence-electron chi connectivity index (χ2n) is 9.32. The maximum Gasteiger partial charge on any atom is 0.255 e. The minimum absolute atomic E-state index is 0.168. The van der Waals surface area contributed by atoms with Gasteiger partial charge in [-0.15, -0.1) is 0 Å². The summed E-state index contributed by atoms with van der Waals surface area (Å²) in [6.45, 7) is 0. The van der Waals surface area contributed by atoms with Gasteiger partial charge in [-0.1, -0.05) is 60.7 Å². The zero-order chi connectivity index (χ0) is 28.2. The molecule has 0 aromatic heterocycles. The van der Waals surface area contributed by atoms with Gasteiger partial charge in [-0.05, 0) is 71.8 Å². The van der Waals surface area contributed by atoms with E-state index in [0.29, 0.717) is 34.0 Å². The molecule has 198 valence electrons. The zero-order valence-electron chi connectivity index (χ0n) is 21.7. The van der Waals surface area contributed by atoms with Crippen molar-refractivity contribution in [1.82, 2.24) is 0 Å². The van der Waals surface area contributed by atoms with Crippen LogP contribution in [0.15, 0.2) is 119 Å². The van der Waals surface area contributed by atoms with Crippen LogP contribution in [0.25, 0.3) is 12.2 Å². The average molecular weight is 538 g/mol. The maximum absolute atomic E-state index is 12.8. The fourth-order valence-electron chi connectivity index (χ4n) is 4.47. The van der Waals surface area contributed by atoms with Crippen molar-refractivity contribution >= 4 is 58.1 Å². The summed E-state index contributed by atoms with van der Waals surface area (Å²) in [5.41, 5.74) is 12.3. The van der Waals surface area contributed by atoms with Crippen LogP contribution < -0.4 is 16.2 Å². The summed E-state index contributed by atoms with van der Waals surface area (Å²) in [6, 6.07) is 28.9. The van der Waals surface area contributed by atoms with Gasteiger partial charge in [-0.2, -0.15) is 10.2 Å². The molecule has 0 unspecified atom stereocenters. The molecule has 0 fully saturated rings. The molecule has 41 heavy (non-hydrogen) atoms. The Bertz CT molecular complexity index is 1800. The predicted octanol–water partition coefficient (Wildman–Crippen LogP) is 5.76. The quantitative estimate of drug-likeness (QED) is 0.271. The lowest BCUT2D eigenvalue weighted by molar-refractivity contribution is -0.109. The van der Waals surface area contributed by atoms with Crippen LogP contribution in [0, 0.1) is 0 Å². The van der Waals surface area contributed by atoms with Crippen LogP contribution in [-0.4, -0.2) is 28.9 Å². The predicted molar refractivity (Wildman–Crippen MR) is 162 cm³/mol. The Morgan fingerprint density at radius 1 is 0.512 bits per heavy atom. The number of hydrazone groups is 2. The monoisotopic (exact) mass is 537 g/mol. The molecular weight excluding hydrogens is 514 g/mol. The van der Waals surface area contributed by atoms with E-state index in [1.165, 1.54) is 12.2 Å². The zero-order valence-corrected chi connectivity index (χ0v) is 21.7. The number of anilines is 3. The molecule has 0 spiro atoms. The third-order valence-corrected chi connectivity index (χ3v) is 6.61. The highest BCUT2D eigenvalue weighted by molar-refractivity contribution is 6.52. The van der Waals surface area contributed by atoms with E-state index in [9.17, 15) is 14.4 Å². The van der Waals surface area contributed by atoms with Gasteiger partial charge in [0.05, 0.1) is 11.4 Å². The fraction of sp³-hybridized carbons (Fsp3) is 0. The summed E-state index contributed by atoms with van der Waals surface area (Å²) in [4.78, 5) is 37.5. The molecule has 1 amide bonds. The highest BCUT2D eigenvalue weighted by atomic mass is 16.1. The second kappa shape index (κ2) is 11.1. The summed E-state index contributed by atoms with van der Waals surface area (Å²) < 4.78 is 0. The van der Waals surface area contributed by atoms with Crippen LogP contribution in [0.3, 0.4) is 0 Å². The second-order valence-corrected chi connectivity index (χ2v) is 9.32. The summed E-state index contributed by atoms with van der Waals surface area (Å²) in [5.74, 6) is -0.619. The van der Waals surface area contributed by atoms with E-state index < -0.39 is 0 Å². The van der Waals surface area contributed by atoms with Crippen molar-refractivity contribution in [3.63, 3.8) is 0 Å². The summed E-state index contributed by atoms with van der Waals surface area (Å²) >= 11 is 0. The molecule has 8 heteroatoms. The molecule has 0 aliphatic heterocycles. The van der Waals surface area contributed by atoms with E-state index in [4.69, 9.17) is 0 Å². The third kappa shape index (κ3) is 5.48. The lowest BCUT2D eigenvalue weighted by Gasteiger charge is -2.12. The minimum atomic E-state index is -0.276. The highest BCUT2D eigenvalue weighted by Crippen LogP contribution is 2.21. The van der Waals surface area contributed by atoms with E-state index >= 15 is 0 Å². The van der Waals surface area contributed by atoms with E-state index in [1.54, 1.807) is 60.7 Å². The topological polar surface area (TPSA) is 112 Å². The summed E-state index contributed by atoms with van der Waals surface area (Å²) in [5, 5.41) is 11.5. The van der Waals surface area contributed by atoms with Crippen molar-refractivity contribution in [2.24, 2.45) is 10.2 Å². The lowest BCUT2D eigenvalue weighted by atomic mass is 9.95. The number of hydrogen-bond acceptors (Lipinski definition) is 7. The minimum Gasteiger partial charge on any atom is -0.322 e. The van der Waals surface area contributed by atoms with E-state index in [-0.39, 0.29) is 17.5 Å². The number of ketones is 2. The van der Waals surface area contributed by atoms with Gasteiger partial charge in [0.2, 0.25) is 11.6 Å². The largest absolute Gasteiger partial charge is 0.322 e. The number of carbonyl (C=O) groups excluding carboxylic acids is 3. The Hall–Kier alpha value is -5.89. The van der Waals surface area contributed by atoms with Gasteiger partial charge in [0.25, 0.3) is 5.91 Å². The SMILES string of the molecule is O=C1C=Cc2ccccc2C1=NNc1ccc(NC(=O)c2ccc(NN=C3C(=O)C=Cc4ccccc43)cc2)cc1. The first kappa shape index (κ1) is 25.4. The number of allylic oxidation sites excluding steroid dienone is 2. The van der Waals surface area contributed by atoms with Crippen molar-refractivity contribution in [2.45, 2.75) is 0 Å². The molecule has 3 N–H and O–H groups in total. The van der Waals surface area contributed by atoms with Crippen LogP contribution in [0.4, 0.5) is 17.1 Å². The Balaban J connectivity index is 1.08. The van der Waals surface area contributed by atoms with E-state index in [0.717, 1.165) is 22.3 Å². The maximum atomic E-state index is 12.8. The Labute approximate surface area is 235 Å². The molecule has 0 atom stereocenters. The van der Waals surface area contributed by atoms with Gasteiger partial charge in [0.15, 0.2) is 0 Å². The summed E-state index contributed by atoms with van der Waals surface area (Å²) in [6.07, 6.45) is 6.57. The molecular formula is C33H23N5O3. The van der Waals surface area contributed by atoms with Crippen molar-refractivity contribution in [1.29, 1.82) is 0 Å². The fourth-order valence-corrected chi connectivity index (χ4v) is 4.47. The summed E-state index contributed by atoms with van der Waals surface area (Å²) in [7, 11) is 0. The first-order chi connectivity index (χ1) is 20.0. The molecule has 4 aromatic carbocycles. The van der Waals surface area contributed by atoms with Crippen molar-refractivity contribution in [3.8, 4) is 0 Å².